The molecule has 1 aliphatic rings. The van der Waals surface area contributed by atoms with E-state index < -0.39 is 6.17 Å². The third-order valence-electron chi connectivity index (χ3n) is 1.08. The Morgan fingerprint density at radius 2 is 2.33 bits per heavy atom. The minimum atomic E-state index is -0.407. The molecule has 0 aromatic heterocycles. The van der Waals surface area contributed by atoms with E-state index in [4.69, 9.17) is 5.84 Å². The van der Waals surface area contributed by atoms with Gasteiger partial charge < -0.3 is 10.3 Å². The Labute approximate surface area is 53.2 Å². The molecule has 1 atom stereocenters. The molecule has 1 unspecified atom stereocenters. The molecule has 0 saturated heterocycles. The molecular formula is C5H8N3O-. The smallest absolute Gasteiger partial charge is 0.101 e. The van der Waals surface area contributed by atoms with Crippen molar-refractivity contribution in [2.45, 2.75) is 6.17 Å². The van der Waals surface area contributed by atoms with Crippen LogP contribution in [-0.2, 0) is 0 Å². The minimum absolute atomic E-state index is 0.407. The van der Waals surface area contributed by atoms with Gasteiger partial charge in [-0.1, -0.05) is 6.08 Å². The van der Waals surface area contributed by atoms with Crippen molar-refractivity contribution in [1.82, 2.24) is 10.5 Å². The molecule has 0 aromatic rings. The van der Waals surface area contributed by atoms with Crippen molar-refractivity contribution in [3.63, 3.8) is 0 Å². The van der Waals surface area contributed by atoms with E-state index in [0.29, 0.717) is 0 Å². The van der Waals surface area contributed by atoms with Crippen LogP contribution in [0.1, 0.15) is 0 Å². The second-order valence-electron chi connectivity index (χ2n) is 1.70. The Bertz CT molecular complexity index is 143. The highest BCUT2D eigenvalue weighted by molar-refractivity contribution is 5.12. The average Bonchev–Trinajstić information content (AvgIpc) is 1.89. The fourth-order valence-electron chi connectivity index (χ4n) is 0.610. The molecule has 0 saturated carbocycles. The predicted octanol–water partition coefficient (Wildman–Crippen LogP) is -0.341. The van der Waals surface area contributed by atoms with Crippen LogP contribution in [0.4, 0.5) is 0 Å². The SMILES string of the molecule is NNC1C=CC=CN1[O-]. The Morgan fingerprint density at radius 3 is 2.78 bits per heavy atom. The summed E-state index contributed by atoms with van der Waals surface area (Å²) in [6.45, 7) is 0. The predicted molar refractivity (Wildman–Crippen MR) is 34.6 cm³/mol. The molecule has 0 amide bonds. The average molecular weight is 126 g/mol. The molecule has 50 valence electrons. The number of hydrogen-bond donors (Lipinski definition) is 2. The van der Waals surface area contributed by atoms with Gasteiger partial charge in [0.1, 0.15) is 6.17 Å². The molecule has 0 aromatic carbocycles. The van der Waals surface area contributed by atoms with Crippen molar-refractivity contribution < 1.29 is 0 Å². The van der Waals surface area contributed by atoms with Crippen LogP contribution < -0.4 is 11.3 Å². The van der Waals surface area contributed by atoms with Gasteiger partial charge in [0, 0.05) is 0 Å². The lowest BCUT2D eigenvalue weighted by Crippen LogP contribution is -2.43. The number of hydrazine groups is 1. The lowest BCUT2D eigenvalue weighted by atomic mass is 10.3. The molecule has 1 heterocycles. The van der Waals surface area contributed by atoms with Crippen LogP contribution in [-0.4, -0.2) is 11.2 Å². The first kappa shape index (κ1) is 6.28. The maximum absolute atomic E-state index is 10.7. The summed E-state index contributed by atoms with van der Waals surface area (Å²) in [6.07, 6.45) is 6.09. The summed E-state index contributed by atoms with van der Waals surface area (Å²) >= 11 is 0. The fourth-order valence-corrected chi connectivity index (χ4v) is 0.610. The monoisotopic (exact) mass is 126 g/mol. The van der Waals surface area contributed by atoms with E-state index in [2.05, 4.69) is 5.43 Å². The van der Waals surface area contributed by atoms with Crippen molar-refractivity contribution in [3.05, 3.63) is 29.6 Å². The minimum Gasteiger partial charge on any atom is -0.757 e. The maximum Gasteiger partial charge on any atom is 0.101 e. The van der Waals surface area contributed by atoms with Crippen LogP contribution >= 0.6 is 0 Å². The third kappa shape index (κ3) is 1.29. The third-order valence-corrected chi connectivity index (χ3v) is 1.08. The van der Waals surface area contributed by atoms with Gasteiger partial charge in [-0.2, -0.15) is 0 Å². The highest BCUT2D eigenvalue weighted by atomic mass is 16.5. The van der Waals surface area contributed by atoms with Crippen molar-refractivity contribution in [2.75, 3.05) is 0 Å². The zero-order chi connectivity index (χ0) is 6.69. The topological polar surface area (TPSA) is 64.3 Å². The first-order chi connectivity index (χ1) is 4.34. The molecule has 9 heavy (non-hydrogen) atoms. The Morgan fingerprint density at radius 1 is 1.56 bits per heavy atom. The summed E-state index contributed by atoms with van der Waals surface area (Å²) in [6, 6.07) is 0. The number of nitrogens with one attached hydrogen (secondary N) is 1. The summed E-state index contributed by atoms with van der Waals surface area (Å²) in [7, 11) is 0. The van der Waals surface area contributed by atoms with Crippen LogP contribution in [0.5, 0.6) is 0 Å². The van der Waals surface area contributed by atoms with E-state index >= 15 is 0 Å². The van der Waals surface area contributed by atoms with E-state index in [1.807, 2.05) is 0 Å². The number of hydrogen-bond acceptors (Lipinski definition) is 4. The van der Waals surface area contributed by atoms with E-state index in [1.54, 1.807) is 18.2 Å². The fraction of sp³-hybridized carbons (Fsp3) is 0.200. The second kappa shape index (κ2) is 2.63. The number of nitrogens with two attached hydrogens (primary N) is 1. The zero-order valence-electron chi connectivity index (χ0n) is 4.82. The molecule has 0 fully saturated rings. The summed E-state index contributed by atoms with van der Waals surface area (Å²) in [5.41, 5.74) is 2.33. The van der Waals surface area contributed by atoms with Crippen molar-refractivity contribution in [3.8, 4) is 0 Å². The molecular weight excluding hydrogens is 118 g/mol. The summed E-state index contributed by atoms with van der Waals surface area (Å²) in [5, 5.41) is 11.4. The lowest BCUT2D eigenvalue weighted by Gasteiger charge is -2.34. The van der Waals surface area contributed by atoms with Gasteiger partial charge in [0.25, 0.3) is 0 Å². The highest BCUT2D eigenvalue weighted by Crippen LogP contribution is 2.00. The largest absolute Gasteiger partial charge is 0.757 e. The lowest BCUT2D eigenvalue weighted by molar-refractivity contribution is 0.363. The van der Waals surface area contributed by atoms with Gasteiger partial charge in [0.2, 0.25) is 0 Å². The number of nitrogens with zero attached hydrogens (tertiary/aromatic N) is 1. The van der Waals surface area contributed by atoms with Gasteiger partial charge in [-0.25, -0.2) is 5.43 Å². The summed E-state index contributed by atoms with van der Waals surface area (Å²) in [5.74, 6) is 5.02. The van der Waals surface area contributed by atoms with Crippen LogP contribution in [0.3, 0.4) is 0 Å². The maximum atomic E-state index is 10.7. The second-order valence-corrected chi connectivity index (χ2v) is 1.70. The van der Waals surface area contributed by atoms with E-state index in [-0.39, 0.29) is 0 Å². The summed E-state index contributed by atoms with van der Waals surface area (Å²) < 4.78 is 0. The molecule has 4 nitrogen and oxygen atoms in total. The quantitative estimate of drug-likeness (QED) is 0.372. The van der Waals surface area contributed by atoms with Gasteiger partial charge in [0.15, 0.2) is 0 Å². The van der Waals surface area contributed by atoms with Gasteiger partial charge in [-0.15, -0.1) is 0 Å². The molecule has 1 aliphatic heterocycles. The number of rotatable bonds is 1. The van der Waals surface area contributed by atoms with E-state index in [1.165, 1.54) is 6.20 Å². The first-order valence-corrected chi connectivity index (χ1v) is 2.61. The standard InChI is InChI=1S/C5H8N3O/c6-7-5-3-1-2-4-8(5)9/h1-5,7H,6H2/q-1. The van der Waals surface area contributed by atoms with Crippen LogP contribution in [0.2, 0.25) is 0 Å². The molecule has 0 bridgehead atoms. The normalized spacial score (nSPS) is 25.1. The molecule has 4 heteroatoms. The Balaban J connectivity index is 2.55. The number of allylic oxidation sites excluding steroid dienone is 2. The molecule has 1 rings (SSSR count). The highest BCUT2D eigenvalue weighted by Gasteiger charge is 2.00. The van der Waals surface area contributed by atoms with Crippen LogP contribution in [0.25, 0.3) is 0 Å². The van der Waals surface area contributed by atoms with Gasteiger partial charge in [0.05, 0.1) is 0 Å². The molecule has 0 spiro atoms. The molecule has 0 aliphatic carbocycles. The number of hydroxylamine groups is 2. The van der Waals surface area contributed by atoms with Crippen molar-refractivity contribution in [1.29, 1.82) is 0 Å². The van der Waals surface area contributed by atoms with E-state index in [9.17, 15) is 5.21 Å². The molecule has 0 radical (unpaired) electrons. The van der Waals surface area contributed by atoms with Gasteiger partial charge in [-0.05, 0) is 18.4 Å². The summed E-state index contributed by atoms with van der Waals surface area (Å²) in [4.78, 5) is 0. The Hall–Kier alpha value is -0.840. The molecule has 3 N–H and O–H groups in total. The first-order valence-electron chi connectivity index (χ1n) is 2.61. The van der Waals surface area contributed by atoms with Crippen molar-refractivity contribution in [2.24, 2.45) is 5.84 Å². The van der Waals surface area contributed by atoms with Crippen LogP contribution in [0.15, 0.2) is 24.4 Å². The van der Waals surface area contributed by atoms with Gasteiger partial charge >= 0.3 is 0 Å². The Kier molecular flexibility index (Phi) is 1.84. The van der Waals surface area contributed by atoms with Crippen molar-refractivity contribution >= 4 is 0 Å². The van der Waals surface area contributed by atoms with Gasteiger partial charge in [-0.3, -0.25) is 5.84 Å². The zero-order valence-corrected chi connectivity index (χ0v) is 4.82. The van der Waals surface area contributed by atoms with Crippen LogP contribution in [0, 0.1) is 5.21 Å². The van der Waals surface area contributed by atoms with E-state index in [0.717, 1.165) is 5.06 Å².